The second-order valence-corrected chi connectivity index (χ2v) is 9.74. The summed E-state index contributed by atoms with van der Waals surface area (Å²) in [6.07, 6.45) is 12.0. The summed E-state index contributed by atoms with van der Waals surface area (Å²) in [6, 6.07) is 13.8. The Morgan fingerprint density at radius 3 is 2.44 bits per heavy atom. The highest BCUT2D eigenvalue weighted by atomic mass is 79.9. The number of nitrogens with zero attached hydrogens (tertiary/aromatic N) is 1. The van der Waals surface area contributed by atoms with Crippen LogP contribution in [0.15, 0.2) is 65.2 Å². The Morgan fingerprint density at radius 2 is 1.63 bits per heavy atom. The molecule has 0 bridgehead atoms. The van der Waals surface area contributed by atoms with Crippen LogP contribution in [0.25, 0.3) is 0 Å². The molecule has 2 aliphatic heterocycles. The minimum absolute atomic E-state index is 0.427. The van der Waals surface area contributed by atoms with Crippen LogP contribution in [0.1, 0.15) is 47.4 Å². The molecule has 0 N–H and O–H groups in total. The van der Waals surface area contributed by atoms with Gasteiger partial charge in [-0.15, -0.1) is 0 Å². The second-order valence-electron chi connectivity index (χ2n) is 8.38. The predicted molar refractivity (Wildman–Crippen MR) is 116 cm³/mol. The molecule has 0 unspecified atom stereocenters. The maximum Gasteiger partial charge on any atom is 0.0582 e. The molecule has 1 nitrogen and oxygen atoms in total. The van der Waals surface area contributed by atoms with Gasteiger partial charge in [0.05, 0.1) is 6.04 Å². The molecule has 2 aromatic carbocycles. The largest absolute Gasteiger partial charge is 0.363 e. The van der Waals surface area contributed by atoms with E-state index in [2.05, 4.69) is 81.5 Å². The van der Waals surface area contributed by atoms with Crippen molar-refractivity contribution in [1.82, 2.24) is 0 Å². The number of fused-ring (bicyclic) bond motifs is 4. The first-order valence-corrected chi connectivity index (χ1v) is 11.1. The van der Waals surface area contributed by atoms with E-state index in [0.29, 0.717) is 29.7 Å². The molecule has 2 aromatic rings. The van der Waals surface area contributed by atoms with Crippen LogP contribution >= 0.6 is 27.5 Å². The van der Waals surface area contributed by atoms with Crippen molar-refractivity contribution in [1.29, 1.82) is 0 Å². The second kappa shape index (κ2) is 5.99. The molecule has 136 valence electrons. The lowest BCUT2D eigenvalue weighted by Crippen LogP contribution is -2.46. The smallest absolute Gasteiger partial charge is 0.0582 e. The van der Waals surface area contributed by atoms with E-state index in [1.54, 1.807) is 0 Å². The van der Waals surface area contributed by atoms with Gasteiger partial charge in [-0.3, -0.25) is 0 Å². The van der Waals surface area contributed by atoms with Crippen LogP contribution in [0.3, 0.4) is 0 Å². The maximum absolute atomic E-state index is 6.20. The van der Waals surface area contributed by atoms with Crippen LogP contribution < -0.4 is 4.90 Å². The van der Waals surface area contributed by atoms with E-state index in [4.69, 9.17) is 11.6 Å². The zero-order valence-corrected chi connectivity index (χ0v) is 17.3. The van der Waals surface area contributed by atoms with E-state index in [9.17, 15) is 0 Å². The summed E-state index contributed by atoms with van der Waals surface area (Å²) in [6.45, 7) is 1.15. The summed E-state index contributed by atoms with van der Waals surface area (Å²) in [5, 5.41) is 0.819. The monoisotopic (exact) mass is 437 g/mol. The highest BCUT2D eigenvalue weighted by Gasteiger charge is 2.47. The van der Waals surface area contributed by atoms with Gasteiger partial charge in [0.1, 0.15) is 0 Å². The van der Waals surface area contributed by atoms with Gasteiger partial charge < -0.3 is 4.90 Å². The van der Waals surface area contributed by atoms with Gasteiger partial charge >= 0.3 is 0 Å². The molecule has 2 aliphatic carbocycles. The van der Waals surface area contributed by atoms with Gasteiger partial charge in [-0.25, -0.2) is 0 Å². The lowest BCUT2D eigenvalue weighted by molar-refractivity contribution is 0.335. The number of halogens is 2. The number of hydrogen-bond acceptors (Lipinski definition) is 1. The average molecular weight is 439 g/mol. The standard InChI is InChI=1S/C24H21BrClN/c25-16-11-21-18-4-1-3-15(18)13-27-23(14-7-9-17(26)10-8-14)20-6-2-5-19(20)22(12-16)24(21)27/h1-2,4-5,7-12,15,18-20,23H,3,6,13H2/t15-,18-,19+,20-,23-/m1/s1. The lowest BCUT2D eigenvalue weighted by Gasteiger charge is -2.51. The number of rotatable bonds is 1. The van der Waals surface area contributed by atoms with Crippen molar-refractivity contribution in [3.8, 4) is 0 Å². The molecule has 0 aromatic heterocycles. The van der Waals surface area contributed by atoms with E-state index >= 15 is 0 Å². The fourth-order valence-corrected chi connectivity index (χ4v) is 6.60. The Labute approximate surface area is 173 Å². The number of hydrogen-bond donors (Lipinski definition) is 0. The molecular formula is C24H21BrClN. The van der Waals surface area contributed by atoms with E-state index in [1.165, 1.54) is 33.3 Å². The van der Waals surface area contributed by atoms with E-state index in [0.717, 1.165) is 18.0 Å². The normalized spacial score (nSPS) is 32.4. The van der Waals surface area contributed by atoms with Gasteiger partial charge in [0.2, 0.25) is 0 Å². The zero-order valence-electron chi connectivity index (χ0n) is 15.0. The fourth-order valence-electron chi connectivity index (χ4n) is 5.98. The Hall–Kier alpha value is -1.51. The van der Waals surface area contributed by atoms with Crippen molar-refractivity contribution in [2.75, 3.05) is 11.4 Å². The third-order valence-corrected chi connectivity index (χ3v) is 7.74. The van der Waals surface area contributed by atoms with Crippen molar-refractivity contribution in [2.45, 2.75) is 30.7 Å². The van der Waals surface area contributed by atoms with E-state index < -0.39 is 0 Å². The molecule has 0 spiro atoms. The third kappa shape index (κ3) is 2.36. The first kappa shape index (κ1) is 16.4. The van der Waals surface area contributed by atoms with Crippen LogP contribution in [0, 0.1) is 11.8 Å². The Kier molecular flexibility index (Phi) is 3.65. The molecule has 0 amide bonds. The van der Waals surface area contributed by atoms with Crippen molar-refractivity contribution >= 4 is 33.2 Å². The lowest BCUT2D eigenvalue weighted by atomic mass is 9.71. The maximum atomic E-state index is 6.20. The fraction of sp³-hybridized carbons (Fsp3) is 0.333. The van der Waals surface area contributed by atoms with Crippen molar-refractivity contribution in [3.05, 3.63) is 86.9 Å². The van der Waals surface area contributed by atoms with Gasteiger partial charge in [0, 0.05) is 33.6 Å². The Bertz CT molecular complexity index is 959. The minimum atomic E-state index is 0.427. The molecule has 6 rings (SSSR count). The van der Waals surface area contributed by atoms with Crippen LogP contribution in [-0.2, 0) is 0 Å². The first-order chi connectivity index (χ1) is 13.2. The first-order valence-electron chi connectivity index (χ1n) is 9.89. The minimum Gasteiger partial charge on any atom is -0.363 e. The average Bonchev–Trinajstić information content (AvgIpc) is 3.32. The third-order valence-electron chi connectivity index (χ3n) is 7.03. The van der Waals surface area contributed by atoms with E-state index in [1.807, 2.05) is 0 Å². The quantitative estimate of drug-likeness (QED) is 0.433. The SMILES string of the molecule is Clc1ccc([C@@H]2[C@@H]3CC=C[C@@H]3c3cc(Br)cc4c3N2C[C@H]2CC=C[C@@H]42)cc1. The van der Waals surface area contributed by atoms with Crippen LogP contribution in [0.5, 0.6) is 0 Å². The molecule has 4 aliphatic rings. The summed E-state index contributed by atoms with van der Waals surface area (Å²) in [5.74, 6) is 2.38. The molecule has 0 fully saturated rings. The highest BCUT2D eigenvalue weighted by molar-refractivity contribution is 9.10. The zero-order chi connectivity index (χ0) is 18.1. The van der Waals surface area contributed by atoms with Gasteiger partial charge in [-0.1, -0.05) is 64.0 Å². The van der Waals surface area contributed by atoms with Crippen LogP contribution in [-0.4, -0.2) is 6.54 Å². The Balaban J connectivity index is 1.59. The number of benzene rings is 2. The molecule has 0 saturated heterocycles. The van der Waals surface area contributed by atoms with Crippen LogP contribution in [0.4, 0.5) is 5.69 Å². The summed E-state index contributed by atoms with van der Waals surface area (Å²) < 4.78 is 1.22. The van der Waals surface area contributed by atoms with Crippen LogP contribution in [0.2, 0.25) is 5.02 Å². The molecule has 0 saturated carbocycles. The van der Waals surface area contributed by atoms with Gasteiger partial charge in [0.25, 0.3) is 0 Å². The summed E-state index contributed by atoms with van der Waals surface area (Å²) in [4.78, 5) is 2.74. The van der Waals surface area contributed by atoms with Gasteiger partial charge in [-0.05, 0) is 65.6 Å². The number of anilines is 1. The highest BCUT2D eigenvalue weighted by Crippen LogP contribution is 2.59. The summed E-state index contributed by atoms with van der Waals surface area (Å²) >= 11 is 10.0. The molecule has 3 heteroatoms. The molecule has 5 atom stereocenters. The van der Waals surface area contributed by atoms with E-state index in [-0.39, 0.29) is 0 Å². The number of allylic oxidation sites excluding steroid dienone is 4. The molecule has 0 radical (unpaired) electrons. The molecule has 2 heterocycles. The van der Waals surface area contributed by atoms with Gasteiger partial charge in [0.15, 0.2) is 0 Å². The topological polar surface area (TPSA) is 3.24 Å². The molecule has 27 heavy (non-hydrogen) atoms. The Morgan fingerprint density at radius 1 is 0.926 bits per heavy atom. The van der Waals surface area contributed by atoms with Gasteiger partial charge in [-0.2, -0.15) is 0 Å². The predicted octanol–water partition coefficient (Wildman–Crippen LogP) is 7.00. The van der Waals surface area contributed by atoms with Crippen molar-refractivity contribution in [2.24, 2.45) is 11.8 Å². The summed E-state index contributed by atoms with van der Waals surface area (Å²) in [7, 11) is 0. The summed E-state index contributed by atoms with van der Waals surface area (Å²) in [5.41, 5.74) is 5.94. The van der Waals surface area contributed by atoms with Crippen molar-refractivity contribution in [3.63, 3.8) is 0 Å². The molecular weight excluding hydrogens is 418 g/mol. The van der Waals surface area contributed by atoms with Crippen molar-refractivity contribution < 1.29 is 0 Å².